The second-order valence-corrected chi connectivity index (χ2v) is 4.03. The molecule has 1 aliphatic heterocycles. The van der Waals surface area contributed by atoms with E-state index in [-0.39, 0.29) is 5.70 Å². The van der Waals surface area contributed by atoms with E-state index in [9.17, 15) is 9.59 Å². The van der Waals surface area contributed by atoms with E-state index in [1.807, 2.05) is 6.92 Å². The molecule has 0 unspecified atom stereocenters. The predicted molar refractivity (Wildman–Crippen MR) is 68.9 cm³/mol. The van der Waals surface area contributed by atoms with Gasteiger partial charge in [-0.3, -0.25) is 10.1 Å². The Hall–Kier alpha value is -2.50. The van der Waals surface area contributed by atoms with Crippen LogP contribution in [0.4, 0.5) is 4.79 Å². The number of aryl methyl sites for hydroxylation is 1. The Kier molecular flexibility index (Phi) is 3.41. The van der Waals surface area contributed by atoms with E-state index in [4.69, 9.17) is 9.47 Å². The Morgan fingerprint density at radius 1 is 1.05 bits per heavy atom. The smallest absolute Gasteiger partial charge is 0.326 e. The average molecular weight is 262 g/mol. The highest BCUT2D eigenvalue weighted by atomic mass is 16.5. The second-order valence-electron chi connectivity index (χ2n) is 4.03. The largest absolute Gasteiger partial charge is 0.493 e. The molecule has 19 heavy (non-hydrogen) atoms. The number of amides is 3. The number of hydrogen-bond acceptors (Lipinski definition) is 4. The number of carbonyl (C=O) groups excluding carboxylic acids is 2. The summed E-state index contributed by atoms with van der Waals surface area (Å²) in [6.07, 6.45) is 1.59. The highest BCUT2D eigenvalue weighted by Gasteiger charge is 2.23. The Morgan fingerprint density at radius 3 is 2.21 bits per heavy atom. The summed E-state index contributed by atoms with van der Waals surface area (Å²) in [6, 6.07) is 3.04. The molecule has 1 heterocycles. The fourth-order valence-electron chi connectivity index (χ4n) is 1.79. The van der Waals surface area contributed by atoms with Gasteiger partial charge >= 0.3 is 6.03 Å². The molecule has 6 heteroatoms. The van der Waals surface area contributed by atoms with Crippen molar-refractivity contribution in [2.75, 3.05) is 14.2 Å². The van der Waals surface area contributed by atoms with Crippen LogP contribution in [0.3, 0.4) is 0 Å². The number of methoxy groups -OCH3 is 2. The Bertz CT molecular complexity index is 578. The zero-order chi connectivity index (χ0) is 14.0. The molecule has 1 saturated heterocycles. The first-order valence-corrected chi connectivity index (χ1v) is 5.62. The molecular weight excluding hydrogens is 248 g/mol. The number of benzene rings is 1. The van der Waals surface area contributed by atoms with Crippen LogP contribution in [0.5, 0.6) is 11.5 Å². The van der Waals surface area contributed by atoms with Crippen molar-refractivity contribution in [3.05, 3.63) is 29.0 Å². The number of rotatable bonds is 3. The fraction of sp³-hybridized carbons (Fsp3) is 0.231. The van der Waals surface area contributed by atoms with Crippen LogP contribution in [0.15, 0.2) is 17.8 Å². The van der Waals surface area contributed by atoms with Gasteiger partial charge in [0, 0.05) is 0 Å². The maximum Gasteiger partial charge on any atom is 0.326 e. The van der Waals surface area contributed by atoms with Crippen molar-refractivity contribution in [3.63, 3.8) is 0 Å². The van der Waals surface area contributed by atoms with E-state index in [1.165, 1.54) is 7.11 Å². The van der Waals surface area contributed by atoms with Gasteiger partial charge in [0.05, 0.1) is 14.2 Å². The molecule has 1 aliphatic rings. The maximum atomic E-state index is 11.5. The summed E-state index contributed by atoms with van der Waals surface area (Å²) in [5, 5.41) is 4.58. The van der Waals surface area contributed by atoms with E-state index in [2.05, 4.69) is 10.6 Å². The van der Waals surface area contributed by atoms with Crippen LogP contribution in [0, 0.1) is 6.92 Å². The molecular formula is C13H14N2O4. The number of imide groups is 1. The third-order valence-corrected chi connectivity index (χ3v) is 2.79. The van der Waals surface area contributed by atoms with Gasteiger partial charge in [0.25, 0.3) is 5.91 Å². The van der Waals surface area contributed by atoms with Gasteiger partial charge in [-0.2, -0.15) is 0 Å². The van der Waals surface area contributed by atoms with Crippen LogP contribution >= 0.6 is 0 Å². The lowest BCUT2D eigenvalue weighted by molar-refractivity contribution is -0.115. The zero-order valence-corrected chi connectivity index (χ0v) is 10.9. The zero-order valence-electron chi connectivity index (χ0n) is 10.9. The lowest BCUT2D eigenvalue weighted by Crippen LogP contribution is -2.22. The second kappa shape index (κ2) is 5.01. The standard InChI is InChI=1S/C13H14N2O4/c1-7-4-10(18-2)11(19-3)6-8(7)5-9-12(16)15-13(17)14-9/h4-6H,1-3H3,(H2,14,15,16,17). The molecule has 0 spiro atoms. The van der Waals surface area contributed by atoms with E-state index in [1.54, 1.807) is 25.3 Å². The first kappa shape index (κ1) is 12.9. The minimum absolute atomic E-state index is 0.209. The van der Waals surface area contributed by atoms with E-state index >= 15 is 0 Å². The normalized spacial score (nSPS) is 16.3. The van der Waals surface area contributed by atoms with Gasteiger partial charge in [0.2, 0.25) is 0 Å². The molecule has 3 amide bonds. The minimum atomic E-state index is -0.519. The van der Waals surface area contributed by atoms with Gasteiger partial charge in [-0.05, 0) is 36.3 Å². The molecule has 1 aromatic carbocycles. The number of urea groups is 1. The summed E-state index contributed by atoms with van der Waals surface area (Å²) in [5.74, 6) is 0.728. The molecule has 0 aliphatic carbocycles. The van der Waals surface area contributed by atoms with Crippen molar-refractivity contribution in [3.8, 4) is 11.5 Å². The Labute approximate surface area is 110 Å². The number of nitrogens with one attached hydrogen (secondary N) is 2. The van der Waals surface area contributed by atoms with Crippen LogP contribution in [0.1, 0.15) is 11.1 Å². The van der Waals surface area contributed by atoms with Crippen LogP contribution in [-0.2, 0) is 4.79 Å². The van der Waals surface area contributed by atoms with Crippen LogP contribution < -0.4 is 20.1 Å². The molecule has 0 atom stereocenters. The highest BCUT2D eigenvalue weighted by Crippen LogP contribution is 2.31. The van der Waals surface area contributed by atoms with Crippen LogP contribution in [0.2, 0.25) is 0 Å². The summed E-state index contributed by atoms with van der Waals surface area (Å²) >= 11 is 0. The molecule has 0 aromatic heterocycles. The monoisotopic (exact) mass is 262 g/mol. The first-order valence-electron chi connectivity index (χ1n) is 5.62. The maximum absolute atomic E-state index is 11.5. The Morgan fingerprint density at radius 2 is 1.68 bits per heavy atom. The number of ether oxygens (including phenoxy) is 2. The van der Waals surface area contributed by atoms with Gasteiger partial charge in [-0.1, -0.05) is 0 Å². The van der Waals surface area contributed by atoms with Crippen LogP contribution in [0.25, 0.3) is 6.08 Å². The summed E-state index contributed by atoms with van der Waals surface area (Å²) in [4.78, 5) is 22.5. The average Bonchev–Trinajstić information content (AvgIpc) is 2.69. The molecule has 0 bridgehead atoms. The van der Waals surface area contributed by atoms with Gasteiger partial charge in [-0.25, -0.2) is 4.79 Å². The molecule has 2 N–H and O–H groups in total. The predicted octanol–water partition coefficient (Wildman–Crippen LogP) is 1.19. The SMILES string of the molecule is COc1cc(C)c(C=C2NC(=O)NC2=O)cc1OC. The Balaban J connectivity index is 2.43. The van der Waals surface area contributed by atoms with E-state index < -0.39 is 11.9 Å². The summed E-state index contributed by atoms with van der Waals surface area (Å²) in [6.45, 7) is 1.88. The highest BCUT2D eigenvalue weighted by molar-refractivity contribution is 6.14. The summed E-state index contributed by atoms with van der Waals surface area (Å²) < 4.78 is 10.4. The first-order chi connectivity index (χ1) is 9.05. The van der Waals surface area contributed by atoms with Crippen LogP contribution in [-0.4, -0.2) is 26.2 Å². The van der Waals surface area contributed by atoms with Gasteiger partial charge in [0.15, 0.2) is 11.5 Å². The fourth-order valence-corrected chi connectivity index (χ4v) is 1.79. The van der Waals surface area contributed by atoms with Crippen molar-refractivity contribution >= 4 is 18.0 Å². The van der Waals surface area contributed by atoms with Crippen molar-refractivity contribution in [1.82, 2.24) is 10.6 Å². The van der Waals surface area contributed by atoms with Crippen molar-refractivity contribution in [2.24, 2.45) is 0 Å². The molecule has 100 valence electrons. The van der Waals surface area contributed by atoms with E-state index in [0.717, 1.165) is 11.1 Å². The van der Waals surface area contributed by atoms with Crippen molar-refractivity contribution < 1.29 is 19.1 Å². The van der Waals surface area contributed by atoms with Crippen molar-refractivity contribution in [1.29, 1.82) is 0 Å². The quantitative estimate of drug-likeness (QED) is 0.633. The topological polar surface area (TPSA) is 76.7 Å². The molecule has 2 rings (SSSR count). The molecule has 6 nitrogen and oxygen atoms in total. The molecule has 1 fully saturated rings. The molecule has 1 aromatic rings. The van der Waals surface area contributed by atoms with Gasteiger partial charge in [-0.15, -0.1) is 0 Å². The molecule has 0 radical (unpaired) electrons. The summed E-state index contributed by atoms with van der Waals surface area (Å²) in [5.41, 5.74) is 1.88. The third kappa shape index (κ3) is 2.52. The number of carbonyl (C=O) groups is 2. The van der Waals surface area contributed by atoms with Gasteiger partial charge < -0.3 is 14.8 Å². The minimum Gasteiger partial charge on any atom is -0.493 e. The summed E-state index contributed by atoms with van der Waals surface area (Å²) in [7, 11) is 3.09. The third-order valence-electron chi connectivity index (χ3n) is 2.79. The number of hydrogen-bond donors (Lipinski definition) is 2. The van der Waals surface area contributed by atoms with E-state index in [0.29, 0.717) is 11.5 Å². The lowest BCUT2D eigenvalue weighted by atomic mass is 10.1. The van der Waals surface area contributed by atoms with Crippen molar-refractivity contribution in [2.45, 2.75) is 6.92 Å². The molecule has 0 saturated carbocycles. The van der Waals surface area contributed by atoms with Gasteiger partial charge in [0.1, 0.15) is 5.70 Å². The lowest BCUT2D eigenvalue weighted by Gasteiger charge is -2.10.